The lowest BCUT2D eigenvalue weighted by Gasteiger charge is -2.19. The second kappa shape index (κ2) is 5.18. The summed E-state index contributed by atoms with van der Waals surface area (Å²) in [5.74, 6) is -0.0769. The number of amides is 1. The Labute approximate surface area is 98.1 Å². The molecule has 0 aliphatic carbocycles. The van der Waals surface area contributed by atoms with Gasteiger partial charge in [0.1, 0.15) is 5.69 Å². The average molecular weight is 243 g/mol. The zero-order valence-corrected chi connectivity index (χ0v) is 10.3. The lowest BCUT2D eigenvalue weighted by atomic mass is 10.1. The van der Waals surface area contributed by atoms with Gasteiger partial charge in [0.25, 0.3) is 5.91 Å². The average Bonchev–Trinajstić information content (AvgIpc) is 2.68. The van der Waals surface area contributed by atoms with Gasteiger partial charge in [0.15, 0.2) is 0 Å². The lowest BCUT2D eigenvalue weighted by molar-refractivity contribution is 0.0782. The first-order valence-corrected chi connectivity index (χ1v) is 5.80. The van der Waals surface area contributed by atoms with Crippen molar-refractivity contribution in [2.24, 2.45) is 11.7 Å². The van der Waals surface area contributed by atoms with Crippen LogP contribution in [0.15, 0.2) is 10.9 Å². The standard InChI is InChI=1S/C9H13N3OS2/c1-6(8(10)14)3-12(2)9(13)7-4-15-5-11-7/h4-6H,3H2,1-2H3,(H2,10,14). The summed E-state index contributed by atoms with van der Waals surface area (Å²) in [6, 6.07) is 0. The molecule has 1 amide bonds. The van der Waals surface area contributed by atoms with Crippen LogP contribution < -0.4 is 5.73 Å². The third-order valence-electron chi connectivity index (χ3n) is 2.03. The Morgan fingerprint density at radius 1 is 1.80 bits per heavy atom. The maximum Gasteiger partial charge on any atom is 0.273 e. The molecule has 0 fully saturated rings. The molecule has 6 heteroatoms. The molecule has 0 aromatic carbocycles. The number of nitrogens with two attached hydrogens (primary N) is 1. The quantitative estimate of drug-likeness (QED) is 0.806. The fraction of sp³-hybridized carbons (Fsp3) is 0.444. The molecule has 1 atom stereocenters. The van der Waals surface area contributed by atoms with Crippen molar-refractivity contribution >= 4 is 34.5 Å². The van der Waals surface area contributed by atoms with Crippen LogP contribution in [0.2, 0.25) is 0 Å². The molecule has 0 bridgehead atoms. The molecule has 4 nitrogen and oxygen atoms in total. The fourth-order valence-electron chi connectivity index (χ4n) is 1.10. The molecule has 0 aliphatic rings. The van der Waals surface area contributed by atoms with Gasteiger partial charge in [-0.1, -0.05) is 19.1 Å². The molecular weight excluding hydrogens is 230 g/mol. The van der Waals surface area contributed by atoms with Gasteiger partial charge in [-0.2, -0.15) is 0 Å². The van der Waals surface area contributed by atoms with E-state index >= 15 is 0 Å². The monoisotopic (exact) mass is 243 g/mol. The Morgan fingerprint density at radius 3 is 2.93 bits per heavy atom. The molecule has 1 heterocycles. The third kappa shape index (κ3) is 3.24. The van der Waals surface area contributed by atoms with Crippen LogP contribution in [0.5, 0.6) is 0 Å². The number of carbonyl (C=O) groups is 1. The Hall–Kier alpha value is -1.01. The molecule has 2 N–H and O–H groups in total. The first-order valence-electron chi connectivity index (χ1n) is 4.45. The molecule has 0 radical (unpaired) electrons. The minimum absolute atomic E-state index is 0.0209. The summed E-state index contributed by atoms with van der Waals surface area (Å²) in [6.45, 7) is 2.42. The first-order chi connectivity index (χ1) is 7.02. The van der Waals surface area contributed by atoms with Gasteiger partial charge in [-0.25, -0.2) is 4.98 Å². The number of hydrogen-bond donors (Lipinski definition) is 1. The van der Waals surface area contributed by atoms with Crippen molar-refractivity contribution in [2.45, 2.75) is 6.92 Å². The van der Waals surface area contributed by atoms with Gasteiger partial charge in [-0.15, -0.1) is 11.3 Å². The molecule has 1 rings (SSSR count). The van der Waals surface area contributed by atoms with Gasteiger partial charge in [0, 0.05) is 24.9 Å². The van der Waals surface area contributed by atoms with Crippen LogP contribution in [0.25, 0.3) is 0 Å². The highest BCUT2D eigenvalue weighted by molar-refractivity contribution is 7.80. The van der Waals surface area contributed by atoms with Crippen molar-refractivity contribution in [2.75, 3.05) is 13.6 Å². The van der Waals surface area contributed by atoms with Crippen LogP contribution >= 0.6 is 23.6 Å². The van der Waals surface area contributed by atoms with Gasteiger partial charge in [-0.3, -0.25) is 4.79 Å². The topological polar surface area (TPSA) is 59.2 Å². The number of hydrogen-bond acceptors (Lipinski definition) is 4. The van der Waals surface area contributed by atoms with Crippen molar-refractivity contribution < 1.29 is 4.79 Å². The summed E-state index contributed by atoms with van der Waals surface area (Å²) in [7, 11) is 1.72. The van der Waals surface area contributed by atoms with Crippen LogP contribution in [0.3, 0.4) is 0 Å². The summed E-state index contributed by atoms with van der Waals surface area (Å²) in [5.41, 5.74) is 7.59. The third-order valence-corrected chi connectivity index (χ3v) is 3.02. The van der Waals surface area contributed by atoms with Crippen molar-refractivity contribution in [1.29, 1.82) is 0 Å². The molecule has 1 unspecified atom stereocenters. The van der Waals surface area contributed by atoms with Crippen molar-refractivity contribution in [3.63, 3.8) is 0 Å². The largest absolute Gasteiger partial charge is 0.393 e. The molecular formula is C9H13N3OS2. The van der Waals surface area contributed by atoms with Gasteiger partial charge in [0.05, 0.1) is 10.5 Å². The number of nitrogens with zero attached hydrogens (tertiary/aromatic N) is 2. The van der Waals surface area contributed by atoms with Crippen LogP contribution in [-0.2, 0) is 0 Å². The molecule has 1 aromatic rings. The zero-order valence-electron chi connectivity index (χ0n) is 8.64. The van der Waals surface area contributed by atoms with Gasteiger partial charge in [-0.05, 0) is 0 Å². The highest BCUT2D eigenvalue weighted by Crippen LogP contribution is 2.06. The number of thiazole rings is 1. The van der Waals surface area contributed by atoms with E-state index in [1.807, 2.05) is 6.92 Å². The summed E-state index contributed by atoms with van der Waals surface area (Å²) < 4.78 is 0. The SMILES string of the molecule is CC(CN(C)C(=O)c1cscn1)C(N)=S. The summed E-state index contributed by atoms with van der Waals surface area (Å²) in [5, 5.41) is 1.73. The maximum absolute atomic E-state index is 11.7. The Balaban J connectivity index is 2.58. The lowest BCUT2D eigenvalue weighted by Crippen LogP contribution is -2.35. The van der Waals surface area contributed by atoms with Crippen molar-refractivity contribution in [3.8, 4) is 0 Å². The second-order valence-corrected chi connectivity index (χ2v) is 4.55. The molecule has 15 heavy (non-hydrogen) atoms. The summed E-state index contributed by atoms with van der Waals surface area (Å²) in [6.07, 6.45) is 0. The Bertz CT molecular complexity index is 350. The first kappa shape index (κ1) is 12.1. The summed E-state index contributed by atoms with van der Waals surface area (Å²) >= 11 is 6.25. The normalized spacial score (nSPS) is 12.1. The minimum atomic E-state index is -0.0978. The Kier molecular flexibility index (Phi) is 4.16. The van der Waals surface area contributed by atoms with E-state index in [1.54, 1.807) is 22.8 Å². The fourth-order valence-corrected chi connectivity index (χ4v) is 1.70. The predicted molar refractivity (Wildman–Crippen MR) is 65.0 cm³/mol. The highest BCUT2D eigenvalue weighted by atomic mass is 32.1. The van der Waals surface area contributed by atoms with E-state index in [0.29, 0.717) is 17.2 Å². The number of thiocarbonyl (C=S) groups is 1. The van der Waals surface area contributed by atoms with Crippen LogP contribution in [0.1, 0.15) is 17.4 Å². The van der Waals surface area contributed by atoms with Gasteiger partial charge >= 0.3 is 0 Å². The van der Waals surface area contributed by atoms with E-state index in [1.165, 1.54) is 11.3 Å². The maximum atomic E-state index is 11.7. The van der Waals surface area contributed by atoms with Crippen LogP contribution in [0.4, 0.5) is 0 Å². The smallest absolute Gasteiger partial charge is 0.273 e. The number of aromatic nitrogens is 1. The molecule has 82 valence electrons. The molecule has 0 saturated carbocycles. The van der Waals surface area contributed by atoms with Crippen molar-refractivity contribution in [1.82, 2.24) is 9.88 Å². The van der Waals surface area contributed by atoms with Gasteiger partial charge in [0.2, 0.25) is 0 Å². The van der Waals surface area contributed by atoms with E-state index < -0.39 is 0 Å². The molecule has 0 aliphatic heterocycles. The molecule has 0 spiro atoms. The van der Waals surface area contributed by atoms with Crippen LogP contribution in [0, 0.1) is 5.92 Å². The Morgan fingerprint density at radius 2 is 2.47 bits per heavy atom. The molecule has 0 saturated heterocycles. The van der Waals surface area contributed by atoms with Gasteiger partial charge < -0.3 is 10.6 Å². The van der Waals surface area contributed by atoms with E-state index in [2.05, 4.69) is 4.98 Å². The van der Waals surface area contributed by atoms with E-state index in [-0.39, 0.29) is 11.8 Å². The summed E-state index contributed by atoms with van der Waals surface area (Å²) in [4.78, 5) is 17.7. The van der Waals surface area contributed by atoms with Crippen molar-refractivity contribution in [3.05, 3.63) is 16.6 Å². The zero-order chi connectivity index (χ0) is 11.4. The second-order valence-electron chi connectivity index (χ2n) is 3.36. The number of carbonyl (C=O) groups excluding carboxylic acids is 1. The predicted octanol–water partition coefficient (Wildman–Crippen LogP) is 1.14. The van der Waals surface area contributed by atoms with E-state index in [0.717, 1.165) is 0 Å². The molecule has 1 aromatic heterocycles. The van der Waals surface area contributed by atoms with E-state index in [4.69, 9.17) is 18.0 Å². The minimum Gasteiger partial charge on any atom is -0.393 e. The number of rotatable bonds is 4. The van der Waals surface area contributed by atoms with E-state index in [9.17, 15) is 4.79 Å². The van der Waals surface area contributed by atoms with Crippen LogP contribution in [-0.4, -0.2) is 34.4 Å². The highest BCUT2D eigenvalue weighted by Gasteiger charge is 2.16.